The predicted molar refractivity (Wildman–Crippen MR) is 56.9 cm³/mol. The first-order valence-electron chi connectivity index (χ1n) is 5.00. The number of para-hydroxylation sites is 1. The Balaban J connectivity index is 2.15. The topological polar surface area (TPSA) is 55.1 Å². The molecule has 1 N–H and O–H groups in total. The summed E-state index contributed by atoms with van der Waals surface area (Å²) >= 11 is 0. The lowest BCUT2D eigenvalue weighted by Gasteiger charge is -2.01. The van der Waals surface area contributed by atoms with Crippen LogP contribution in [0.5, 0.6) is 0 Å². The molecular weight excluding hydrogens is 192 g/mol. The van der Waals surface area contributed by atoms with Crippen LogP contribution in [0.15, 0.2) is 33.6 Å². The van der Waals surface area contributed by atoms with Crippen molar-refractivity contribution in [1.82, 2.24) is 5.16 Å². The molecule has 1 aliphatic rings. The van der Waals surface area contributed by atoms with Gasteiger partial charge < -0.3 is 9.84 Å². The Morgan fingerprint density at radius 1 is 1.33 bits per heavy atom. The number of benzene rings is 1. The Bertz CT molecular complexity index is 558. The molecule has 0 saturated heterocycles. The average molecular weight is 202 g/mol. The van der Waals surface area contributed by atoms with Crippen molar-refractivity contribution in [2.24, 2.45) is 0 Å². The van der Waals surface area contributed by atoms with Crippen LogP contribution in [0.3, 0.4) is 0 Å². The Morgan fingerprint density at radius 3 is 2.93 bits per heavy atom. The first-order valence-corrected chi connectivity index (χ1v) is 5.00. The largest absolute Gasteiger partial charge is 0.361 e. The van der Waals surface area contributed by atoms with Gasteiger partial charge in [-0.1, -0.05) is 17.3 Å². The van der Waals surface area contributed by atoms with E-state index in [-0.39, 0.29) is 5.43 Å². The molecule has 2 aromatic rings. The average Bonchev–Trinajstić information content (AvgIpc) is 3.07. The molecule has 4 nitrogen and oxygen atoms in total. The molecule has 3 rings (SSSR count). The highest BCUT2D eigenvalue weighted by atomic mass is 16.5. The van der Waals surface area contributed by atoms with Crippen LogP contribution in [-0.4, -0.2) is 11.2 Å². The van der Waals surface area contributed by atoms with Crippen molar-refractivity contribution in [2.45, 2.75) is 18.9 Å². The smallest absolute Gasteiger partial charge is 0.235 e. The second-order valence-electron chi connectivity index (χ2n) is 3.78. The number of hydrogen-bond donors (Lipinski definition) is 1. The SMILES string of the molecule is O=c1c(NC2CC2)noc2ccccc12. The number of anilines is 1. The molecule has 76 valence electrons. The molecule has 0 atom stereocenters. The number of nitrogens with zero attached hydrogens (tertiary/aromatic N) is 1. The first kappa shape index (κ1) is 8.47. The van der Waals surface area contributed by atoms with Crippen molar-refractivity contribution in [2.75, 3.05) is 5.32 Å². The molecule has 0 unspecified atom stereocenters. The van der Waals surface area contributed by atoms with Crippen LogP contribution in [0, 0.1) is 0 Å². The normalized spacial score (nSPS) is 15.5. The van der Waals surface area contributed by atoms with E-state index in [0.29, 0.717) is 22.8 Å². The first-order chi connectivity index (χ1) is 7.34. The molecule has 4 heteroatoms. The molecule has 0 spiro atoms. The predicted octanol–water partition coefficient (Wildman–Crippen LogP) is 1.76. The summed E-state index contributed by atoms with van der Waals surface area (Å²) in [7, 11) is 0. The third-order valence-electron chi connectivity index (χ3n) is 2.50. The monoisotopic (exact) mass is 202 g/mol. The van der Waals surface area contributed by atoms with Crippen molar-refractivity contribution in [3.8, 4) is 0 Å². The Labute approximate surface area is 85.9 Å². The quantitative estimate of drug-likeness (QED) is 0.806. The van der Waals surface area contributed by atoms with Crippen molar-refractivity contribution < 1.29 is 4.52 Å². The highest BCUT2D eigenvalue weighted by molar-refractivity contribution is 5.78. The number of rotatable bonds is 2. The second-order valence-corrected chi connectivity index (χ2v) is 3.78. The summed E-state index contributed by atoms with van der Waals surface area (Å²) in [6.45, 7) is 0. The molecule has 1 saturated carbocycles. The van der Waals surface area contributed by atoms with Crippen LogP contribution < -0.4 is 10.7 Å². The van der Waals surface area contributed by atoms with Crippen molar-refractivity contribution in [1.29, 1.82) is 0 Å². The maximum Gasteiger partial charge on any atom is 0.235 e. The van der Waals surface area contributed by atoms with Crippen molar-refractivity contribution in [3.63, 3.8) is 0 Å². The summed E-state index contributed by atoms with van der Waals surface area (Å²) in [6, 6.07) is 7.54. The Kier molecular flexibility index (Phi) is 1.74. The van der Waals surface area contributed by atoms with Gasteiger partial charge in [-0.25, -0.2) is 0 Å². The van der Waals surface area contributed by atoms with Gasteiger partial charge in [-0.2, -0.15) is 0 Å². The number of nitrogens with one attached hydrogen (secondary N) is 1. The summed E-state index contributed by atoms with van der Waals surface area (Å²) in [5.41, 5.74) is 0.451. The molecular formula is C11H10N2O2. The van der Waals surface area contributed by atoms with E-state index in [1.807, 2.05) is 12.1 Å². The lowest BCUT2D eigenvalue weighted by atomic mass is 10.2. The molecule has 1 aromatic carbocycles. The zero-order valence-corrected chi connectivity index (χ0v) is 8.06. The fraction of sp³-hybridized carbons (Fsp3) is 0.273. The lowest BCUT2D eigenvalue weighted by Crippen LogP contribution is -2.14. The minimum absolute atomic E-state index is 0.0799. The zero-order chi connectivity index (χ0) is 10.3. The fourth-order valence-electron chi connectivity index (χ4n) is 1.51. The van der Waals surface area contributed by atoms with Crippen LogP contribution in [0.1, 0.15) is 12.8 Å². The van der Waals surface area contributed by atoms with Gasteiger partial charge in [0, 0.05) is 6.04 Å². The van der Waals surface area contributed by atoms with Crippen LogP contribution in [0.2, 0.25) is 0 Å². The molecule has 0 bridgehead atoms. The van der Waals surface area contributed by atoms with Gasteiger partial charge in [0.05, 0.1) is 5.39 Å². The fourth-order valence-corrected chi connectivity index (χ4v) is 1.51. The van der Waals surface area contributed by atoms with Gasteiger partial charge in [0.25, 0.3) is 0 Å². The summed E-state index contributed by atoms with van der Waals surface area (Å²) in [5, 5.41) is 7.43. The molecule has 1 aromatic heterocycles. The van der Waals surface area contributed by atoms with E-state index in [1.165, 1.54) is 0 Å². The Morgan fingerprint density at radius 2 is 2.13 bits per heavy atom. The molecule has 1 aliphatic carbocycles. The standard InChI is InChI=1S/C11H10N2O2/c14-10-8-3-1-2-4-9(8)15-13-11(10)12-7-5-6-7/h1-4,7H,5-6H2,(H,12,13). The minimum atomic E-state index is -0.0799. The van der Waals surface area contributed by atoms with Gasteiger partial charge in [0.2, 0.25) is 11.2 Å². The van der Waals surface area contributed by atoms with E-state index in [2.05, 4.69) is 10.5 Å². The van der Waals surface area contributed by atoms with Crippen LogP contribution >= 0.6 is 0 Å². The van der Waals surface area contributed by atoms with Gasteiger partial charge in [-0.05, 0) is 25.0 Å². The minimum Gasteiger partial charge on any atom is -0.361 e. The molecule has 0 radical (unpaired) electrons. The highest BCUT2D eigenvalue weighted by Crippen LogP contribution is 2.22. The van der Waals surface area contributed by atoms with E-state index in [0.717, 1.165) is 12.8 Å². The Hall–Kier alpha value is -1.84. The lowest BCUT2D eigenvalue weighted by molar-refractivity contribution is 0.444. The van der Waals surface area contributed by atoms with E-state index < -0.39 is 0 Å². The summed E-state index contributed by atoms with van der Waals surface area (Å²) in [6.07, 6.45) is 2.21. The number of fused-ring (bicyclic) bond motifs is 1. The third-order valence-corrected chi connectivity index (χ3v) is 2.50. The summed E-state index contributed by atoms with van der Waals surface area (Å²) in [4.78, 5) is 11.9. The second kappa shape index (κ2) is 3.08. The third kappa shape index (κ3) is 1.48. The van der Waals surface area contributed by atoms with Gasteiger partial charge in [0.1, 0.15) is 0 Å². The highest BCUT2D eigenvalue weighted by Gasteiger charge is 2.23. The van der Waals surface area contributed by atoms with E-state index in [9.17, 15) is 4.79 Å². The summed E-state index contributed by atoms with van der Waals surface area (Å²) in [5.74, 6) is 0.330. The van der Waals surface area contributed by atoms with Crippen LogP contribution in [-0.2, 0) is 0 Å². The van der Waals surface area contributed by atoms with Crippen LogP contribution in [0.25, 0.3) is 11.0 Å². The summed E-state index contributed by atoms with van der Waals surface area (Å²) < 4.78 is 5.14. The molecule has 0 aliphatic heterocycles. The maximum atomic E-state index is 11.9. The number of hydrogen-bond acceptors (Lipinski definition) is 4. The van der Waals surface area contributed by atoms with Gasteiger partial charge >= 0.3 is 0 Å². The van der Waals surface area contributed by atoms with Crippen LogP contribution in [0.4, 0.5) is 5.82 Å². The maximum absolute atomic E-state index is 11.9. The number of aromatic nitrogens is 1. The zero-order valence-electron chi connectivity index (χ0n) is 8.06. The van der Waals surface area contributed by atoms with E-state index in [1.54, 1.807) is 12.1 Å². The molecule has 0 amide bonds. The molecule has 1 heterocycles. The van der Waals surface area contributed by atoms with E-state index in [4.69, 9.17) is 4.52 Å². The van der Waals surface area contributed by atoms with Crippen molar-refractivity contribution in [3.05, 3.63) is 34.5 Å². The molecule has 1 fully saturated rings. The van der Waals surface area contributed by atoms with Gasteiger partial charge in [-0.3, -0.25) is 4.79 Å². The van der Waals surface area contributed by atoms with E-state index >= 15 is 0 Å². The molecule has 15 heavy (non-hydrogen) atoms. The van der Waals surface area contributed by atoms with Crippen molar-refractivity contribution >= 4 is 16.8 Å². The van der Waals surface area contributed by atoms with Gasteiger partial charge in [0.15, 0.2) is 5.58 Å². The van der Waals surface area contributed by atoms with Gasteiger partial charge in [-0.15, -0.1) is 0 Å².